The molecule has 4 rings (SSSR count). The number of rotatable bonds is 8. The van der Waals surface area contributed by atoms with Gasteiger partial charge in [0, 0.05) is 44.7 Å². The zero-order valence-corrected chi connectivity index (χ0v) is 17.0. The number of nitrogens with one attached hydrogen (secondary N) is 1. The molecule has 7 heteroatoms. The van der Waals surface area contributed by atoms with E-state index in [1.807, 2.05) is 18.2 Å². The summed E-state index contributed by atoms with van der Waals surface area (Å²) in [7, 11) is 0. The summed E-state index contributed by atoms with van der Waals surface area (Å²) in [6, 6.07) is 17.8. The van der Waals surface area contributed by atoms with Gasteiger partial charge in [-0.1, -0.05) is 42.5 Å². The summed E-state index contributed by atoms with van der Waals surface area (Å²) in [5.41, 5.74) is 1.90. The number of fused-ring (bicyclic) bond motifs is 1. The van der Waals surface area contributed by atoms with Crippen LogP contribution in [0.4, 0.5) is 14.6 Å². The molecule has 0 aliphatic carbocycles. The molecule has 0 radical (unpaired) electrons. The highest BCUT2D eigenvalue weighted by Crippen LogP contribution is 2.24. The lowest BCUT2D eigenvalue weighted by Gasteiger charge is -2.34. The van der Waals surface area contributed by atoms with E-state index in [4.69, 9.17) is 0 Å². The number of para-hydroxylation sites is 1. The molecule has 1 aromatic heterocycles. The summed E-state index contributed by atoms with van der Waals surface area (Å²) >= 11 is 0. The fourth-order valence-electron chi connectivity index (χ4n) is 3.85. The van der Waals surface area contributed by atoms with Crippen molar-refractivity contribution in [2.24, 2.45) is 0 Å². The van der Waals surface area contributed by atoms with Gasteiger partial charge in [-0.2, -0.15) is 0 Å². The topological polar surface area (TPSA) is 44.3 Å². The number of benzene rings is 2. The second-order valence-electron chi connectivity index (χ2n) is 7.63. The van der Waals surface area contributed by atoms with Crippen LogP contribution in [0, 0.1) is 0 Å². The Labute approximate surface area is 175 Å². The lowest BCUT2D eigenvalue weighted by molar-refractivity contribution is 0.127. The van der Waals surface area contributed by atoms with Crippen LogP contribution in [0.2, 0.25) is 0 Å². The Kier molecular flexibility index (Phi) is 6.81. The van der Waals surface area contributed by atoms with E-state index in [1.54, 1.807) is 12.1 Å². The standard InChI is InChI=1S/C23H27F2N5/c24-21(25)23-27-20-10-5-4-9-19(20)22(28-23)26-11-6-12-29-13-15-30(16-14-29)17-18-7-2-1-3-8-18/h1-5,7-10,21H,6,11-17H2,(H,26,27,28). The number of aromatic nitrogens is 2. The van der Waals surface area contributed by atoms with Crippen molar-refractivity contribution in [2.45, 2.75) is 19.4 Å². The van der Waals surface area contributed by atoms with Crippen LogP contribution in [-0.2, 0) is 6.54 Å². The summed E-state index contributed by atoms with van der Waals surface area (Å²) in [4.78, 5) is 13.0. The van der Waals surface area contributed by atoms with E-state index in [9.17, 15) is 8.78 Å². The maximum absolute atomic E-state index is 13.1. The fraction of sp³-hybridized carbons (Fsp3) is 0.391. The second kappa shape index (κ2) is 9.91. The summed E-state index contributed by atoms with van der Waals surface area (Å²) in [6.07, 6.45) is -1.75. The van der Waals surface area contributed by atoms with Crippen molar-refractivity contribution in [2.75, 3.05) is 44.6 Å². The first-order valence-electron chi connectivity index (χ1n) is 10.5. The second-order valence-corrected chi connectivity index (χ2v) is 7.63. The molecule has 30 heavy (non-hydrogen) atoms. The number of alkyl halides is 2. The molecular formula is C23H27F2N5. The molecule has 1 fully saturated rings. The Bertz CT molecular complexity index is 943. The SMILES string of the molecule is FC(F)c1nc(NCCCN2CCN(Cc3ccccc3)CC2)c2ccccc2n1. The van der Waals surface area contributed by atoms with Crippen molar-refractivity contribution >= 4 is 16.7 Å². The molecule has 0 atom stereocenters. The average Bonchev–Trinajstić information content (AvgIpc) is 2.78. The molecule has 0 bridgehead atoms. The maximum Gasteiger partial charge on any atom is 0.297 e. The highest BCUT2D eigenvalue weighted by Gasteiger charge is 2.17. The Balaban J connectivity index is 1.24. The highest BCUT2D eigenvalue weighted by atomic mass is 19.3. The molecule has 3 aromatic rings. The Morgan fingerprint density at radius 3 is 2.33 bits per heavy atom. The smallest absolute Gasteiger partial charge is 0.297 e. The molecule has 2 heterocycles. The molecule has 2 aromatic carbocycles. The van der Waals surface area contributed by atoms with Gasteiger partial charge in [0.25, 0.3) is 6.43 Å². The molecule has 0 amide bonds. The Hall–Kier alpha value is -2.64. The van der Waals surface area contributed by atoms with Crippen LogP contribution in [0.1, 0.15) is 24.2 Å². The average molecular weight is 412 g/mol. The normalized spacial score (nSPS) is 15.7. The number of nitrogens with zero attached hydrogens (tertiary/aromatic N) is 4. The third-order valence-corrected chi connectivity index (χ3v) is 5.47. The number of piperazine rings is 1. The molecule has 0 spiro atoms. The minimum absolute atomic E-state index is 0.425. The largest absolute Gasteiger partial charge is 0.369 e. The summed E-state index contributed by atoms with van der Waals surface area (Å²) in [6.45, 7) is 6.92. The Morgan fingerprint density at radius 1 is 0.867 bits per heavy atom. The quantitative estimate of drug-likeness (QED) is 0.563. The van der Waals surface area contributed by atoms with Crippen molar-refractivity contribution in [3.05, 3.63) is 66.0 Å². The highest BCUT2D eigenvalue weighted by molar-refractivity contribution is 5.88. The van der Waals surface area contributed by atoms with Gasteiger partial charge in [-0.3, -0.25) is 4.90 Å². The molecular weight excluding hydrogens is 384 g/mol. The van der Waals surface area contributed by atoms with Gasteiger partial charge in [-0.05, 0) is 30.7 Å². The molecule has 0 unspecified atom stereocenters. The molecule has 0 saturated carbocycles. The van der Waals surface area contributed by atoms with Gasteiger partial charge in [0.05, 0.1) is 5.52 Å². The van der Waals surface area contributed by atoms with E-state index in [2.05, 4.69) is 49.4 Å². The van der Waals surface area contributed by atoms with Crippen LogP contribution in [0.5, 0.6) is 0 Å². The van der Waals surface area contributed by atoms with Crippen LogP contribution in [0.3, 0.4) is 0 Å². The predicted molar refractivity (Wildman–Crippen MR) is 116 cm³/mol. The monoisotopic (exact) mass is 411 g/mol. The molecule has 5 nitrogen and oxygen atoms in total. The summed E-state index contributed by atoms with van der Waals surface area (Å²) in [5, 5.41) is 4.02. The first-order chi connectivity index (χ1) is 14.7. The fourth-order valence-corrected chi connectivity index (χ4v) is 3.85. The molecule has 1 saturated heterocycles. The number of halogens is 2. The van der Waals surface area contributed by atoms with E-state index in [0.29, 0.717) is 17.9 Å². The van der Waals surface area contributed by atoms with Crippen molar-refractivity contribution in [3.63, 3.8) is 0 Å². The maximum atomic E-state index is 13.1. The van der Waals surface area contributed by atoms with Gasteiger partial charge >= 0.3 is 0 Å². The number of hydrogen-bond acceptors (Lipinski definition) is 5. The van der Waals surface area contributed by atoms with Crippen LogP contribution in [0.25, 0.3) is 10.9 Å². The van der Waals surface area contributed by atoms with Gasteiger partial charge in [0.2, 0.25) is 0 Å². The van der Waals surface area contributed by atoms with Gasteiger partial charge in [-0.25, -0.2) is 18.7 Å². The minimum atomic E-state index is -2.68. The summed E-state index contributed by atoms with van der Waals surface area (Å²) < 4.78 is 26.2. The van der Waals surface area contributed by atoms with Gasteiger partial charge in [0.15, 0.2) is 5.82 Å². The van der Waals surface area contributed by atoms with Gasteiger partial charge in [-0.15, -0.1) is 0 Å². The van der Waals surface area contributed by atoms with Gasteiger partial charge < -0.3 is 10.2 Å². The Morgan fingerprint density at radius 2 is 1.57 bits per heavy atom. The number of anilines is 1. The van der Waals surface area contributed by atoms with Crippen molar-refractivity contribution < 1.29 is 8.78 Å². The van der Waals surface area contributed by atoms with Gasteiger partial charge in [0.1, 0.15) is 5.82 Å². The summed E-state index contributed by atoms with van der Waals surface area (Å²) in [5.74, 6) is 0.0642. The zero-order chi connectivity index (χ0) is 20.8. The van der Waals surface area contributed by atoms with Crippen LogP contribution < -0.4 is 5.32 Å². The molecule has 158 valence electrons. The van der Waals surface area contributed by atoms with Crippen molar-refractivity contribution in [3.8, 4) is 0 Å². The van der Waals surface area contributed by atoms with Crippen LogP contribution in [0.15, 0.2) is 54.6 Å². The predicted octanol–water partition coefficient (Wildman–Crippen LogP) is 4.19. The van der Waals surface area contributed by atoms with E-state index in [-0.39, 0.29) is 0 Å². The van der Waals surface area contributed by atoms with Crippen LogP contribution in [-0.4, -0.2) is 59.0 Å². The third kappa shape index (κ3) is 5.29. The van der Waals surface area contributed by atoms with Crippen LogP contribution >= 0.6 is 0 Å². The van der Waals surface area contributed by atoms with Crippen molar-refractivity contribution in [1.82, 2.24) is 19.8 Å². The molecule has 1 aliphatic heterocycles. The number of hydrogen-bond donors (Lipinski definition) is 1. The molecule has 1 N–H and O–H groups in total. The molecule has 1 aliphatic rings. The lowest BCUT2D eigenvalue weighted by atomic mass is 10.2. The first kappa shape index (κ1) is 20.6. The van der Waals surface area contributed by atoms with Crippen molar-refractivity contribution in [1.29, 1.82) is 0 Å². The minimum Gasteiger partial charge on any atom is -0.369 e. The van der Waals surface area contributed by atoms with E-state index in [0.717, 1.165) is 51.1 Å². The zero-order valence-electron chi connectivity index (χ0n) is 17.0. The first-order valence-corrected chi connectivity index (χ1v) is 10.5. The third-order valence-electron chi connectivity index (χ3n) is 5.47. The van der Waals surface area contributed by atoms with E-state index in [1.165, 1.54) is 5.56 Å². The van der Waals surface area contributed by atoms with E-state index >= 15 is 0 Å². The lowest BCUT2D eigenvalue weighted by Crippen LogP contribution is -2.46. The van der Waals surface area contributed by atoms with E-state index < -0.39 is 12.2 Å².